The predicted octanol–water partition coefficient (Wildman–Crippen LogP) is 4.20. The Bertz CT molecular complexity index is 879. The minimum atomic E-state index is -0.565. The first kappa shape index (κ1) is 15.4. The number of amides is 1. The first-order valence-corrected chi connectivity index (χ1v) is 7.50. The zero-order chi connectivity index (χ0) is 16.4. The second-order valence-electron chi connectivity index (χ2n) is 4.83. The van der Waals surface area contributed by atoms with Gasteiger partial charge in [0.1, 0.15) is 5.82 Å². The molecule has 0 saturated carbocycles. The zero-order valence-corrected chi connectivity index (χ0v) is 13.6. The van der Waals surface area contributed by atoms with Gasteiger partial charge in [-0.3, -0.25) is 4.79 Å². The molecule has 0 atom stereocenters. The number of carbonyl (C=O) groups is 1. The Morgan fingerprint density at radius 1 is 1.22 bits per heavy atom. The Kier molecular flexibility index (Phi) is 4.20. The summed E-state index contributed by atoms with van der Waals surface area (Å²) >= 11 is 3.37. The van der Waals surface area contributed by atoms with Crippen LogP contribution in [-0.4, -0.2) is 16.1 Å². The van der Waals surface area contributed by atoms with Crippen LogP contribution in [0.15, 0.2) is 51.4 Å². The van der Waals surface area contributed by atoms with Crippen molar-refractivity contribution in [2.45, 2.75) is 6.92 Å². The van der Waals surface area contributed by atoms with Crippen LogP contribution in [0.3, 0.4) is 0 Å². The molecule has 5 nitrogen and oxygen atoms in total. The van der Waals surface area contributed by atoms with Gasteiger partial charge in [-0.2, -0.15) is 0 Å². The molecule has 7 heteroatoms. The maximum absolute atomic E-state index is 13.7. The van der Waals surface area contributed by atoms with E-state index in [1.165, 1.54) is 12.1 Å². The highest BCUT2D eigenvalue weighted by molar-refractivity contribution is 9.10. The molecule has 0 aliphatic rings. The second kappa shape index (κ2) is 6.29. The highest BCUT2D eigenvalue weighted by atomic mass is 79.9. The van der Waals surface area contributed by atoms with E-state index in [2.05, 4.69) is 31.4 Å². The molecule has 0 aliphatic carbocycles. The standard InChI is InChI=1S/C16H11BrFN3O2/c1-9-6-7-13(11(17)8-9)19-14(22)16-21-20-15(23-16)10-4-2-3-5-12(10)18/h2-8H,1H3,(H,19,22). The highest BCUT2D eigenvalue weighted by Gasteiger charge is 2.18. The largest absolute Gasteiger partial charge is 0.412 e. The van der Waals surface area contributed by atoms with Crippen molar-refractivity contribution in [1.82, 2.24) is 10.2 Å². The molecule has 0 fully saturated rings. The lowest BCUT2D eigenvalue weighted by molar-refractivity contribution is 0.0990. The summed E-state index contributed by atoms with van der Waals surface area (Å²) < 4.78 is 19.7. The van der Waals surface area contributed by atoms with E-state index in [1.54, 1.807) is 18.2 Å². The lowest BCUT2D eigenvalue weighted by atomic mass is 10.2. The van der Waals surface area contributed by atoms with Gasteiger partial charge in [0.05, 0.1) is 11.3 Å². The van der Waals surface area contributed by atoms with Gasteiger partial charge in [-0.1, -0.05) is 18.2 Å². The SMILES string of the molecule is Cc1ccc(NC(=O)c2nnc(-c3ccccc3F)o2)c(Br)c1. The quantitative estimate of drug-likeness (QED) is 0.744. The van der Waals surface area contributed by atoms with Crippen LogP contribution in [0.4, 0.5) is 10.1 Å². The zero-order valence-electron chi connectivity index (χ0n) is 12.0. The fourth-order valence-electron chi connectivity index (χ4n) is 1.96. The van der Waals surface area contributed by atoms with Crippen LogP contribution in [0.25, 0.3) is 11.5 Å². The van der Waals surface area contributed by atoms with Crippen LogP contribution < -0.4 is 5.32 Å². The molecule has 0 spiro atoms. The Labute approximate surface area is 139 Å². The molecular formula is C16H11BrFN3O2. The number of anilines is 1. The van der Waals surface area contributed by atoms with Crippen LogP contribution in [0.5, 0.6) is 0 Å². The van der Waals surface area contributed by atoms with Crippen LogP contribution >= 0.6 is 15.9 Å². The van der Waals surface area contributed by atoms with E-state index in [0.29, 0.717) is 5.69 Å². The van der Waals surface area contributed by atoms with Gasteiger partial charge in [-0.15, -0.1) is 10.2 Å². The van der Waals surface area contributed by atoms with E-state index in [4.69, 9.17) is 4.42 Å². The van der Waals surface area contributed by atoms with Gasteiger partial charge >= 0.3 is 11.8 Å². The number of halogens is 2. The Morgan fingerprint density at radius 2 is 2.00 bits per heavy atom. The smallest absolute Gasteiger partial charge is 0.313 e. The lowest BCUT2D eigenvalue weighted by Gasteiger charge is -2.05. The summed E-state index contributed by atoms with van der Waals surface area (Å²) in [6.07, 6.45) is 0. The van der Waals surface area contributed by atoms with Crippen molar-refractivity contribution in [3.05, 3.63) is 64.2 Å². The highest BCUT2D eigenvalue weighted by Crippen LogP contribution is 2.25. The average Bonchev–Trinajstić information content (AvgIpc) is 3.00. The number of benzene rings is 2. The summed E-state index contributed by atoms with van der Waals surface area (Å²) in [5.41, 5.74) is 1.77. The predicted molar refractivity (Wildman–Crippen MR) is 86.5 cm³/mol. The number of nitrogens with zero attached hydrogens (tertiary/aromatic N) is 2. The summed E-state index contributed by atoms with van der Waals surface area (Å²) in [4.78, 5) is 12.2. The number of aryl methyl sites for hydroxylation is 1. The van der Waals surface area contributed by atoms with Gasteiger partial charge in [-0.25, -0.2) is 4.39 Å². The summed E-state index contributed by atoms with van der Waals surface area (Å²) in [5.74, 6) is -1.35. The van der Waals surface area contributed by atoms with Crippen LogP contribution in [0, 0.1) is 12.7 Å². The van der Waals surface area contributed by atoms with Crippen LogP contribution in [0.1, 0.15) is 16.2 Å². The van der Waals surface area contributed by atoms with Crippen molar-refractivity contribution < 1.29 is 13.6 Å². The third kappa shape index (κ3) is 3.29. The average molecular weight is 376 g/mol. The summed E-state index contributed by atoms with van der Waals surface area (Å²) in [6, 6.07) is 11.5. The summed E-state index contributed by atoms with van der Waals surface area (Å²) in [5, 5.41) is 10.0. The summed E-state index contributed by atoms with van der Waals surface area (Å²) in [7, 11) is 0. The fraction of sp³-hybridized carbons (Fsp3) is 0.0625. The van der Waals surface area contributed by atoms with Crippen molar-refractivity contribution in [3.8, 4) is 11.5 Å². The van der Waals surface area contributed by atoms with Crippen molar-refractivity contribution >= 4 is 27.5 Å². The van der Waals surface area contributed by atoms with E-state index >= 15 is 0 Å². The molecule has 116 valence electrons. The van der Waals surface area contributed by atoms with Gasteiger partial charge in [0.2, 0.25) is 0 Å². The van der Waals surface area contributed by atoms with Crippen LogP contribution in [0.2, 0.25) is 0 Å². The molecule has 1 N–H and O–H groups in total. The molecule has 3 rings (SSSR count). The van der Waals surface area contributed by atoms with E-state index in [-0.39, 0.29) is 17.3 Å². The second-order valence-corrected chi connectivity index (χ2v) is 5.68. The van der Waals surface area contributed by atoms with E-state index in [0.717, 1.165) is 10.0 Å². The van der Waals surface area contributed by atoms with Crippen molar-refractivity contribution in [2.75, 3.05) is 5.32 Å². The summed E-state index contributed by atoms with van der Waals surface area (Å²) in [6.45, 7) is 1.94. The lowest BCUT2D eigenvalue weighted by Crippen LogP contribution is -2.12. The molecule has 2 aromatic carbocycles. The van der Waals surface area contributed by atoms with E-state index in [9.17, 15) is 9.18 Å². The Hall–Kier alpha value is -2.54. The first-order valence-electron chi connectivity index (χ1n) is 6.70. The molecular weight excluding hydrogens is 365 g/mol. The maximum Gasteiger partial charge on any atom is 0.313 e. The van der Waals surface area contributed by atoms with Crippen molar-refractivity contribution in [3.63, 3.8) is 0 Å². The third-order valence-corrected chi connectivity index (χ3v) is 3.75. The molecule has 0 unspecified atom stereocenters. The van der Waals surface area contributed by atoms with Gasteiger partial charge < -0.3 is 9.73 Å². The van der Waals surface area contributed by atoms with Crippen LogP contribution in [-0.2, 0) is 0 Å². The molecule has 1 heterocycles. The third-order valence-electron chi connectivity index (χ3n) is 3.10. The molecule has 0 aliphatic heterocycles. The molecule has 0 saturated heterocycles. The number of rotatable bonds is 3. The van der Waals surface area contributed by atoms with Gasteiger partial charge in [0, 0.05) is 4.47 Å². The maximum atomic E-state index is 13.7. The molecule has 23 heavy (non-hydrogen) atoms. The topological polar surface area (TPSA) is 68.0 Å². The fourth-order valence-corrected chi connectivity index (χ4v) is 2.55. The molecule has 0 bridgehead atoms. The molecule has 1 amide bonds. The van der Waals surface area contributed by atoms with Crippen molar-refractivity contribution in [1.29, 1.82) is 0 Å². The van der Waals surface area contributed by atoms with Gasteiger partial charge in [0.15, 0.2) is 0 Å². The van der Waals surface area contributed by atoms with E-state index < -0.39 is 11.7 Å². The minimum absolute atomic E-state index is 0.0452. The monoisotopic (exact) mass is 375 g/mol. The first-order chi connectivity index (χ1) is 11.0. The van der Waals surface area contributed by atoms with E-state index in [1.807, 2.05) is 19.1 Å². The number of carbonyl (C=O) groups excluding carboxylic acids is 1. The number of nitrogens with one attached hydrogen (secondary N) is 1. The van der Waals surface area contributed by atoms with Gasteiger partial charge in [0.25, 0.3) is 5.89 Å². The van der Waals surface area contributed by atoms with Crippen molar-refractivity contribution in [2.24, 2.45) is 0 Å². The number of hydrogen-bond donors (Lipinski definition) is 1. The molecule has 0 radical (unpaired) electrons. The molecule has 3 aromatic rings. The normalized spacial score (nSPS) is 10.6. The number of hydrogen-bond acceptors (Lipinski definition) is 4. The van der Waals surface area contributed by atoms with Gasteiger partial charge in [-0.05, 0) is 52.7 Å². The Balaban J connectivity index is 1.83. The molecule has 1 aromatic heterocycles. The minimum Gasteiger partial charge on any atom is -0.412 e. The Morgan fingerprint density at radius 3 is 2.74 bits per heavy atom. The number of aromatic nitrogens is 2.